The molecule has 0 aromatic heterocycles. The van der Waals surface area contributed by atoms with Crippen LogP contribution in [-0.2, 0) is 25.6 Å². The molecule has 0 radical (unpaired) electrons. The summed E-state index contributed by atoms with van der Waals surface area (Å²) in [4.78, 5) is 29.4. The highest BCUT2D eigenvalue weighted by Gasteiger charge is 2.42. The van der Waals surface area contributed by atoms with E-state index in [0.717, 1.165) is 11.1 Å². The van der Waals surface area contributed by atoms with Gasteiger partial charge in [0.25, 0.3) is 0 Å². The molecule has 0 spiro atoms. The molecule has 8 heteroatoms. The van der Waals surface area contributed by atoms with Crippen molar-refractivity contribution in [3.8, 4) is 0 Å². The average Bonchev–Trinajstić information content (AvgIpc) is 2.94. The van der Waals surface area contributed by atoms with Gasteiger partial charge in [0.05, 0.1) is 18.0 Å². The molecule has 0 amide bonds. The molecule has 2 unspecified atom stereocenters. The molecule has 0 fully saturated rings. The second-order valence-electron chi connectivity index (χ2n) is 9.91. The van der Waals surface area contributed by atoms with E-state index in [2.05, 4.69) is 5.32 Å². The number of hydrogen-bond acceptors (Lipinski definition) is 6. The first kappa shape index (κ1) is 27.8. The van der Waals surface area contributed by atoms with E-state index < -0.39 is 23.8 Å². The Labute approximate surface area is 238 Å². The zero-order valence-corrected chi connectivity index (χ0v) is 23.1. The van der Waals surface area contributed by atoms with Crippen molar-refractivity contribution in [2.75, 3.05) is 26.8 Å². The summed E-state index contributed by atoms with van der Waals surface area (Å²) in [5.74, 6) is -2.48. The van der Waals surface area contributed by atoms with Gasteiger partial charge in [0.15, 0.2) is 5.78 Å². The molecule has 0 saturated carbocycles. The summed E-state index contributed by atoms with van der Waals surface area (Å²) in [5, 5.41) is 3.40. The van der Waals surface area contributed by atoms with Gasteiger partial charge in [-0.05, 0) is 30.2 Å². The fourth-order valence-electron chi connectivity index (χ4n) is 5.41. The van der Waals surface area contributed by atoms with Crippen LogP contribution in [0.25, 0.3) is 0 Å². The van der Waals surface area contributed by atoms with Crippen molar-refractivity contribution in [1.29, 1.82) is 0 Å². The quantitative estimate of drug-likeness (QED) is 0.356. The first-order valence-electron chi connectivity index (χ1n) is 13.1. The third-order valence-corrected chi connectivity index (χ3v) is 7.60. The molecule has 0 aliphatic carbocycles. The summed E-state index contributed by atoms with van der Waals surface area (Å²) in [6.45, 7) is 2.80. The van der Waals surface area contributed by atoms with Gasteiger partial charge in [-0.3, -0.25) is 9.69 Å². The number of benzene rings is 3. The van der Waals surface area contributed by atoms with E-state index in [0.29, 0.717) is 30.1 Å². The molecular formula is C32H30ClFN2O4. The minimum absolute atomic E-state index is 0.0570. The van der Waals surface area contributed by atoms with Gasteiger partial charge in [0.2, 0.25) is 0 Å². The summed E-state index contributed by atoms with van der Waals surface area (Å²) in [6.07, 6.45) is -0.490. The number of hydrogen-bond donors (Lipinski definition) is 1. The average molecular weight is 561 g/mol. The number of Topliss-reactive ketones (excluding diaryl/α,β-unsaturated/α-hetero) is 1. The second kappa shape index (κ2) is 12.2. The Morgan fingerprint density at radius 2 is 1.75 bits per heavy atom. The van der Waals surface area contributed by atoms with Crippen LogP contribution in [0.4, 0.5) is 4.39 Å². The molecule has 2 heterocycles. The molecular weight excluding hydrogens is 531 g/mol. The van der Waals surface area contributed by atoms with Crippen molar-refractivity contribution >= 4 is 23.4 Å². The van der Waals surface area contributed by atoms with Gasteiger partial charge in [0, 0.05) is 47.8 Å². The highest BCUT2D eigenvalue weighted by Crippen LogP contribution is 2.44. The topological polar surface area (TPSA) is 67.9 Å². The number of methoxy groups -OCH3 is 1. The Balaban J connectivity index is 1.48. The maximum absolute atomic E-state index is 15.4. The number of ether oxygens (including phenoxy) is 2. The van der Waals surface area contributed by atoms with Crippen molar-refractivity contribution in [3.63, 3.8) is 0 Å². The van der Waals surface area contributed by atoms with Gasteiger partial charge < -0.3 is 14.8 Å². The van der Waals surface area contributed by atoms with E-state index in [4.69, 9.17) is 21.1 Å². The Kier molecular flexibility index (Phi) is 8.45. The van der Waals surface area contributed by atoms with E-state index in [-0.39, 0.29) is 35.1 Å². The standard InChI is InChI=1S/C32H30ClFN2O4/c1-20-28(32(38)40-19-27(39-2)22-12-7-4-8-13-22)31(29-23(33)14-9-15-24(29)34)30-25(35-20)17-36(18-26(30)37)16-21-10-5-3-6-11-21/h3-15,27,31,35H,16-19H2,1-2H3. The number of ketones is 1. The first-order valence-corrected chi connectivity index (χ1v) is 13.4. The number of allylic oxidation sites excluding steroid dienone is 1. The normalized spacial score (nSPS) is 18.3. The molecule has 40 heavy (non-hydrogen) atoms. The lowest BCUT2D eigenvalue weighted by atomic mass is 9.77. The number of halogens is 2. The van der Waals surface area contributed by atoms with Crippen molar-refractivity contribution in [1.82, 2.24) is 10.2 Å². The zero-order valence-electron chi connectivity index (χ0n) is 22.3. The molecule has 2 aliphatic rings. The molecule has 5 rings (SSSR count). The van der Waals surface area contributed by atoms with E-state index in [1.54, 1.807) is 20.1 Å². The number of carbonyl (C=O) groups excluding carboxylic acids is 2. The van der Waals surface area contributed by atoms with E-state index >= 15 is 4.39 Å². The van der Waals surface area contributed by atoms with Gasteiger partial charge in [-0.15, -0.1) is 0 Å². The summed E-state index contributed by atoms with van der Waals surface area (Å²) in [7, 11) is 1.54. The van der Waals surface area contributed by atoms with Gasteiger partial charge in [-0.25, -0.2) is 9.18 Å². The molecule has 0 bridgehead atoms. The van der Waals surface area contributed by atoms with Crippen LogP contribution in [0, 0.1) is 5.82 Å². The SMILES string of the molecule is COC(COC(=O)C1=C(C)NC2=C(C(=O)CN(Cc3ccccc3)C2)C1c1c(F)cccc1Cl)c1ccccc1. The number of esters is 1. The lowest BCUT2D eigenvalue weighted by molar-refractivity contribution is -0.143. The molecule has 1 N–H and O–H groups in total. The summed E-state index contributed by atoms with van der Waals surface area (Å²) >= 11 is 6.53. The summed E-state index contributed by atoms with van der Waals surface area (Å²) < 4.78 is 26.7. The first-order chi connectivity index (χ1) is 19.4. The lowest BCUT2D eigenvalue weighted by Gasteiger charge is -2.38. The third-order valence-electron chi connectivity index (χ3n) is 7.27. The van der Waals surface area contributed by atoms with E-state index in [1.807, 2.05) is 65.6 Å². The predicted molar refractivity (Wildman–Crippen MR) is 151 cm³/mol. The zero-order chi connectivity index (χ0) is 28.2. The Morgan fingerprint density at radius 3 is 2.42 bits per heavy atom. The number of dihydropyridines is 1. The van der Waals surface area contributed by atoms with Crippen LogP contribution in [-0.4, -0.2) is 43.5 Å². The van der Waals surface area contributed by atoms with Crippen molar-refractivity contribution < 1.29 is 23.5 Å². The van der Waals surface area contributed by atoms with Crippen molar-refractivity contribution in [2.24, 2.45) is 0 Å². The molecule has 3 aromatic carbocycles. The molecule has 3 aromatic rings. The molecule has 6 nitrogen and oxygen atoms in total. The molecule has 2 atom stereocenters. The van der Waals surface area contributed by atoms with E-state index in [1.165, 1.54) is 12.1 Å². The van der Waals surface area contributed by atoms with Crippen LogP contribution in [0.3, 0.4) is 0 Å². The molecule has 2 aliphatic heterocycles. The minimum Gasteiger partial charge on any atom is -0.459 e. The largest absolute Gasteiger partial charge is 0.459 e. The van der Waals surface area contributed by atoms with Crippen LogP contribution in [0.1, 0.15) is 35.6 Å². The summed E-state index contributed by atoms with van der Waals surface area (Å²) in [5.41, 5.74) is 3.61. The van der Waals surface area contributed by atoms with Gasteiger partial charge in [-0.1, -0.05) is 78.3 Å². The highest BCUT2D eigenvalue weighted by molar-refractivity contribution is 6.31. The second-order valence-corrected chi connectivity index (χ2v) is 10.3. The monoisotopic (exact) mass is 560 g/mol. The third kappa shape index (κ3) is 5.72. The Bertz CT molecular complexity index is 1450. The predicted octanol–water partition coefficient (Wildman–Crippen LogP) is 5.71. The van der Waals surface area contributed by atoms with Gasteiger partial charge in [-0.2, -0.15) is 0 Å². The number of rotatable bonds is 8. The van der Waals surface area contributed by atoms with Crippen LogP contribution in [0.5, 0.6) is 0 Å². The van der Waals surface area contributed by atoms with Crippen LogP contribution < -0.4 is 5.32 Å². The van der Waals surface area contributed by atoms with Crippen LogP contribution in [0.2, 0.25) is 5.02 Å². The van der Waals surface area contributed by atoms with Crippen LogP contribution >= 0.6 is 11.6 Å². The van der Waals surface area contributed by atoms with Crippen molar-refractivity contribution in [3.05, 3.63) is 129 Å². The molecule has 0 saturated heterocycles. The van der Waals surface area contributed by atoms with Gasteiger partial charge >= 0.3 is 5.97 Å². The minimum atomic E-state index is -1.01. The maximum atomic E-state index is 15.4. The Morgan fingerprint density at radius 1 is 1.05 bits per heavy atom. The van der Waals surface area contributed by atoms with Crippen molar-refractivity contribution in [2.45, 2.75) is 25.5 Å². The molecule has 206 valence electrons. The van der Waals surface area contributed by atoms with Crippen LogP contribution in [0.15, 0.2) is 101 Å². The summed E-state index contributed by atoms with van der Waals surface area (Å²) in [6, 6.07) is 23.6. The highest BCUT2D eigenvalue weighted by atomic mass is 35.5. The fourth-order valence-corrected chi connectivity index (χ4v) is 5.69. The number of carbonyl (C=O) groups is 2. The number of nitrogens with zero attached hydrogens (tertiary/aromatic N) is 1. The van der Waals surface area contributed by atoms with E-state index in [9.17, 15) is 9.59 Å². The fraction of sp³-hybridized carbons (Fsp3) is 0.250. The lowest BCUT2D eigenvalue weighted by Crippen LogP contribution is -2.45. The Hall–Kier alpha value is -3.78. The maximum Gasteiger partial charge on any atom is 0.336 e. The smallest absolute Gasteiger partial charge is 0.336 e. The van der Waals surface area contributed by atoms with Gasteiger partial charge in [0.1, 0.15) is 18.5 Å². The number of nitrogens with one attached hydrogen (secondary N) is 1.